The zero-order valence-electron chi connectivity index (χ0n) is 22.7. The molecule has 0 aromatic heterocycles. The first-order valence-electron chi connectivity index (χ1n) is 13.6. The molecule has 9 heteroatoms. The van der Waals surface area contributed by atoms with Gasteiger partial charge in [-0.2, -0.15) is 8.78 Å². The first-order valence-corrected chi connectivity index (χ1v) is 13.6. The third-order valence-electron chi connectivity index (χ3n) is 7.40. The zero-order chi connectivity index (χ0) is 29.7. The maximum atomic E-state index is 15.1. The van der Waals surface area contributed by atoms with Crippen molar-refractivity contribution in [3.63, 3.8) is 0 Å². The number of esters is 1. The van der Waals surface area contributed by atoms with Crippen LogP contribution in [0.25, 0.3) is 11.1 Å². The summed E-state index contributed by atoms with van der Waals surface area (Å²) < 4.78 is 98.2. The predicted octanol–water partition coefficient (Wildman–Crippen LogP) is 8.97. The Morgan fingerprint density at radius 3 is 2.05 bits per heavy atom. The molecule has 1 saturated carbocycles. The SMILES string of the molecule is CC=CCCc1ccc(OC(=O)C2CCC(c3ccc(-c4ccc(OCC)c(F)c4F)c(F)c3F)CC2)c(F)c1F. The number of carbonyl (C=O) groups excluding carboxylic acids is 1. The summed E-state index contributed by atoms with van der Waals surface area (Å²) in [6.07, 6.45) is 5.62. The number of hydrogen-bond acceptors (Lipinski definition) is 3. The quantitative estimate of drug-likeness (QED) is 0.110. The van der Waals surface area contributed by atoms with Crippen molar-refractivity contribution in [2.24, 2.45) is 5.92 Å². The van der Waals surface area contributed by atoms with Crippen LogP contribution in [0.1, 0.15) is 63.0 Å². The normalized spacial score (nSPS) is 17.2. The topological polar surface area (TPSA) is 35.5 Å². The molecule has 0 unspecified atom stereocenters. The molecule has 0 atom stereocenters. The van der Waals surface area contributed by atoms with Crippen molar-refractivity contribution < 1.29 is 40.6 Å². The molecular weight excluding hydrogens is 546 g/mol. The van der Waals surface area contributed by atoms with Crippen LogP contribution in [0.3, 0.4) is 0 Å². The van der Waals surface area contributed by atoms with Gasteiger partial charge in [-0.05, 0) is 87.6 Å². The van der Waals surface area contributed by atoms with E-state index in [0.29, 0.717) is 25.7 Å². The van der Waals surface area contributed by atoms with E-state index in [9.17, 15) is 22.4 Å². The van der Waals surface area contributed by atoms with E-state index in [1.54, 1.807) is 6.92 Å². The maximum absolute atomic E-state index is 15.1. The van der Waals surface area contributed by atoms with E-state index in [1.807, 2.05) is 19.1 Å². The van der Waals surface area contributed by atoms with Crippen LogP contribution in [0.2, 0.25) is 0 Å². The average molecular weight is 577 g/mol. The van der Waals surface area contributed by atoms with Gasteiger partial charge in [0.05, 0.1) is 12.5 Å². The first kappa shape index (κ1) is 30.2. The fraction of sp³-hybridized carbons (Fsp3) is 0.344. The van der Waals surface area contributed by atoms with Gasteiger partial charge in [-0.3, -0.25) is 4.79 Å². The lowest BCUT2D eigenvalue weighted by Crippen LogP contribution is -2.26. The fourth-order valence-corrected chi connectivity index (χ4v) is 5.18. The highest BCUT2D eigenvalue weighted by Crippen LogP contribution is 2.40. The molecule has 0 saturated heterocycles. The molecule has 0 amide bonds. The second-order valence-electron chi connectivity index (χ2n) is 9.93. The highest BCUT2D eigenvalue weighted by Gasteiger charge is 2.32. The number of allylic oxidation sites excluding steroid dienone is 2. The van der Waals surface area contributed by atoms with Gasteiger partial charge in [0.25, 0.3) is 0 Å². The summed E-state index contributed by atoms with van der Waals surface area (Å²) >= 11 is 0. The van der Waals surface area contributed by atoms with E-state index in [4.69, 9.17) is 9.47 Å². The number of carbonyl (C=O) groups is 1. The van der Waals surface area contributed by atoms with E-state index < -0.39 is 69.6 Å². The van der Waals surface area contributed by atoms with Gasteiger partial charge in [0.2, 0.25) is 11.6 Å². The average Bonchev–Trinajstić information content (AvgIpc) is 2.97. The maximum Gasteiger partial charge on any atom is 0.314 e. The second-order valence-corrected chi connectivity index (χ2v) is 9.93. The Morgan fingerprint density at radius 2 is 1.39 bits per heavy atom. The molecule has 0 heterocycles. The zero-order valence-corrected chi connectivity index (χ0v) is 22.7. The number of rotatable bonds is 9. The Kier molecular flexibility index (Phi) is 9.78. The van der Waals surface area contributed by atoms with Crippen LogP contribution in [0.5, 0.6) is 11.5 Å². The molecule has 218 valence electrons. The molecule has 41 heavy (non-hydrogen) atoms. The molecule has 0 aliphatic heterocycles. The fourth-order valence-electron chi connectivity index (χ4n) is 5.18. The molecule has 3 nitrogen and oxygen atoms in total. The van der Waals surface area contributed by atoms with E-state index >= 15 is 8.78 Å². The Balaban J connectivity index is 1.42. The van der Waals surface area contributed by atoms with E-state index in [1.165, 1.54) is 24.3 Å². The second kappa shape index (κ2) is 13.3. The highest BCUT2D eigenvalue weighted by molar-refractivity contribution is 5.75. The summed E-state index contributed by atoms with van der Waals surface area (Å²) in [5.74, 6) is -10.0. The van der Waals surface area contributed by atoms with Gasteiger partial charge in [-0.15, -0.1) is 0 Å². The van der Waals surface area contributed by atoms with Crippen molar-refractivity contribution >= 4 is 5.97 Å². The molecule has 3 aromatic carbocycles. The summed E-state index contributed by atoms with van der Waals surface area (Å²) in [6, 6.07) is 7.43. The van der Waals surface area contributed by atoms with Crippen LogP contribution in [0, 0.1) is 40.8 Å². The van der Waals surface area contributed by atoms with Crippen LogP contribution >= 0.6 is 0 Å². The first-order chi connectivity index (χ1) is 19.7. The predicted molar refractivity (Wildman–Crippen MR) is 143 cm³/mol. The molecule has 0 bridgehead atoms. The Hall–Kier alpha value is -3.75. The minimum atomic E-state index is -1.35. The van der Waals surface area contributed by atoms with Crippen molar-refractivity contribution in [3.8, 4) is 22.6 Å². The van der Waals surface area contributed by atoms with E-state index in [-0.39, 0.29) is 36.3 Å². The van der Waals surface area contributed by atoms with Crippen molar-refractivity contribution in [2.75, 3.05) is 6.61 Å². The number of benzene rings is 3. The molecule has 0 spiro atoms. The standard InChI is InChI=1S/C32H30F6O3/c1-3-5-6-7-19-12-16-25(31(38)26(19)33)41-32(39)20-10-8-18(9-11-20)21-13-14-22(28(35)27(21)34)23-15-17-24(40-4-2)30(37)29(23)36/h3,5,12-18,20H,4,6-11H2,1-2H3. The number of hydrogen-bond donors (Lipinski definition) is 0. The minimum Gasteiger partial charge on any atom is -0.491 e. The van der Waals surface area contributed by atoms with Crippen LogP contribution in [-0.2, 0) is 11.2 Å². The Morgan fingerprint density at radius 1 is 0.780 bits per heavy atom. The molecule has 0 N–H and O–H groups in total. The van der Waals surface area contributed by atoms with Crippen molar-refractivity contribution in [2.45, 2.75) is 58.3 Å². The molecule has 1 aliphatic rings. The van der Waals surface area contributed by atoms with E-state index in [0.717, 1.165) is 12.1 Å². The molecule has 3 aromatic rings. The third-order valence-corrected chi connectivity index (χ3v) is 7.40. The van der Waals surface area contributed by atoms with Crippen molar-refractivity contribution in [1.82, 2.24) is 0 Å². The van der Waals surface area contributed by atoms with Gasteiger partial charge >= 0.3 is 5.97 Å². The van der Waals surface area contributed by atoms with Gasteiger partial charge in [0.1, 0.15) is 0 Å². The molecule has 1 fully saturated rings. The summed E-state index contributed by atoms with van der Waals surface area (Å²) in [6.45, 7) is 3.53. The minimum absolute atomic E-state index is 0.0616. The number of ether oxygens (including phenoxy) is 2. The lowest BCUT2D eigenvalue weighted by atomic mass is 9.78. The van der Waals surface area contributed by atoms with Gasteiger partial charge in [-0.1, -0.05) is 30.4 Å². The summed E-state index contributed by atoms with van der Waals surface area (Å²) in [5.41, 5.74) is -0.622. The van der Waals surface area contributed by atoms with Crippen LogP contribution in [-0.4, -0.2) is 12.6 Å². The van der Waals surface area contributed by atoms with Crippen LogP contribution < -0.4 is 9.47 Å². The molecule has 1 aliphatic carbocycles. The molecule has 0 radical (unpaired) electrons. The van der Waals surface area contributed by atoms with Crippen LogP contribution in [0.15, 0.2) is 48.6 Å². The lowest BCUT2D eigenvalue weighted by Gasteiger charge is -2.28. The van der Waals surface area contributed by atoms with Gasteiger partial charge in [-0.25, -0.2) is 17.6 Å². The van der Waals surface area contributed by atoms with Gasteiger partial charge < -0.3 is 9.47 Å². The third kappa shape index (κ3) is 6.44. The Labute approximate surface area is 234 Å². The van der Waals surface area contributed by atoms with Crippen molar-refractivity contribution in [1.29, 1.82) is 0 Å². The summed E-state index contributed by atoms with van der Waals surface area (Å²) in [4.78, 5) is 12.7. The van der Waals surface area contributed by atoms with Crippen molar-refractivity contribution in [3.05, 3.63) is 94.6 Å². The van der Waals surface area contributed by atoms with E-state index in [2.05, 4.69) is 0 Å². The number of halogens is 6. The smallest absolute Gasteiger partial charge is 0.314 e. The summed E-state index contributed by atoms with van der Waals surface area (Å²) in [5, 5.41) is 0. The monoisotopic (exact) mass is 576 g/mol. The summed E-state index contributed by atoms with van der Waals surface area (Å²) in [7, 11) is 0. The lowest BCUT2D eigenvalue weighted by molar-refractivity contribution is -0.140. The van der Waals surface area contributed by atoms with Crippen LogP contribution in [0.4, 0.5) is 26.3 Å². The van der Waals surface area contributed by atoms with Gasteiger partial charge in [0.15, 0.2) is 34.8 Å². The molecular formula is C32H30F6O3. The number of aryl methyl sites for hydroxylation is 1. The van der Waals surface area contributed by atoms with Gasteiger partial charge in [0, 0.05) is 11.1 Å². The largest absolute Gasteiger partial charge is 0.491 e. The highest BCUT2D eigenvalue weighted by atomic mass is 19.2. The molecule has 4 rings (SSSR count). The Bertz CT molecular complexity index is 1440.